The summed E-state index contributed by atoms with van der Waals surface area (Å²) in [5.41, 5.74) is 1.39. The van der Waals surface area contributed by atoms with Gasteiger partial charge >= 0.3 is 0 Å². The Morgan fingerprint density at radius 1 is 1.07 bits per heavy atom. The van der Waals surface area contributed by atoms with Crippen LogP contribution in [0.2, 0.25) is 15.1 Å². The Balaban J connectivity index is 1.79. The summed E-state index contributed by atoms with van der Waals surface area (Å²) >= 11 is 18.1. The molecule has 1 saturated heterocycles. The molecular formula is C18H15Cl3N2O3S. The van der Waals surface area contributed by atoms with Gasteiger partial charge in [0.2, 0.25) is 15.9 Å². The normalized spacial score (nSPS) is 16.0. The van der Waals surface area contributed by atoms with Crippen LogP contribution in [0.25, 0.3) is 6.08 Å². The summed E-state index contributed by atoms with van der Waals surface area (Å²) in [5.74, 6) is -0.324. The molecule has 2 aromatic rings. The highest BCUT2D eigenvalue weighted by Crippen LogP contribution is 2.31. The number of rotatable bonds is 4. The van der Waals surface area contributed by atoms with Crippen molar-refractivity contribution in [2.45, 2.75) is 6.42 Å². The Bertz CT molecular complexity index is 1020. The fourth-order valence-electron chi connectivity index (χ4n) is 2.68. The Morgan fingerprint density at radius 2 is 1.81 bits per heavy atom. The van der Waals surface area contributed by atoms with E-state index in [1.165, 1.54) is 16.5 Å². The topological polar surface area (TPSA) is 66.5 Å². The van der Waals surface area contributed by atoms with Gasteiger partial charge in [-0.3, -0.25) is 9.10 Å². The number of sulfonamides is 1. The van der Waals surface area contributed by atoms with Gasteiger partial charge in [0.25, 0.3) is 0 Å². The van der Waals surface area contributed by atoms with Crippen LogP contribution in [0, 0.1) is 0 Å². The highest BCUT2D eigenvalue weighted by molar-refractivity contribution is 7.93. The molecule has 27 heavy (non-hydrogen) atoms. The smallest absolute Gasteiger partial charge is 0.248 e. The highest BCUT2D eigenvalue weighted by atomic mass is 35.5. The molecule has 0 aromatic heterocycles. The number of anilines is 2. The molecule has 1 N–H and O–H groups in total. The molecule has 9 heteroatoms. The fourth-order valence-corrected chi connectivity index (χ4v) is 4.76. The average Bonchev–Trinajstić information content (AvgIpc) is 2.97. The predicted octanol–water partition coefficient (Wildman–Crippen LogP) is 4.84. The zero-order chi connectivity index (χ0) is 19.6. The second-order valence-corrected chi connectivity index (χ2v) is 9.16. The predicted molar refractivity (Wildman–Crippen MR) is 111 cm³/mol. The molecule has 0 unspecified atom stereocenters. The minimum atomic E-state index is -3.32. The standard InChI is InChI=1S/C18H15Cl3N2O3S/c19-13-3-5-15(20)12(10-13)2-7-18(24)22-17-11-14(4-6-16(17)21)23-8-1-9-27(23,25)26/h2-7,10-11H,1,8-9H2,(H,22,24). The van der Waals surface area contributed by atoms with Crippen LogP contribution in [0.1, 0.15) is 12.0 Å². The van der Waals surface area contributed by atoms with Crippen molar-refractivity contribution in [1.82, 2.24) is 0 Å². The summed E-state index contributed by atoms with van der Waals surface area (Å²) in [5, 5.41) is 3.92. The number of hydrogen-bond donors (Lipinski definition) is 1. The Kier molecular flexibility index (Phi) is 6.01. The van der Waals surface area contributed by atoms with Crippen molar-refractivity contribution in [2.24, 2.45) is 0 Å². The summed E-state index contributed by atoms with van der Waals surface area (Å²) in [6.07, 6.45) is 3.40. The number of benzene rings is 2. The first kappa shape index (κ1) is 20.0. The molecule has 1 fully saturated rings. The molecule has 0 saturated carbocycles. The van der Waals surface area contributed by atoms with Gasteiger partial charge in [-0.15, -0.1) is 0 Å². The Labute approximate surface area is 172 Å². The van der Waals surface area contributed by atoms with Gasteiger partial charge in [-0.25, -0.2) is 8.42 Å². The third kappa shape index (κ3) is 4.76. The number of carbonyl (C=O) groups is 1. The fraction of sp³-hybridized carbons (Fsp3) is 0.167. The van der Waals surface area contributed by atoms with E-state index >= 15 is 0 Å². The number of nitrogens with one attached hydrogen (secondary N) is 1. The third-order valence-corrected chi connectivity index (χ3v) is 6.75. The van der Waals surface area contributed by atoms with Gasteiger partial charge in [0.15, 0.2) is 0 Å². The highest BCUT2D eigenvalue weighted by Gasteiger charge is 2.28. The van der Waals surface area contributed by atoms with Crippen LogP contribution in [0.5, 0.6) is 0 Å². The zero-order valence-electron chi connectivity index (χ0n) is 14.0. The van der Waals surface area contributed by atoms with E-state index in [9.17, 15) is 13.2 Å². The van der Waals surface area contributed by atoms with Crippen molar-refractivity contribution in [3.05, 3.63) is 63.1 Å². The number of nitrogens with zero attached hydrogens (tertiary/aromatic N) is 1. The van der Waals surface area contributed by atoms with Crippen molar-refractivity contribution in [3.8, 4) is 0 Å². The lowest BCUT2D eigenvalue weighted by molar-refractivity contribution is -0.111. The second kappa shape index (κ2) is 8.10. The SMILES string of the molecule is O=C(C=Cc1cc(Cl)ccc1Cl)Nc1cc(N2CCCS2(=O)=O)ccc1Cl. The molecule has 1 heterocycles. The average molecular weight is 446 g/mol. The van der Waals surface area contributed by atoms with E-state index in [2.05, 4.69) is 5.32 Å². The van der Waals surface area contributed by atoms with E-state index in [1.807, 2.05) is 0 Å². The maximum atomic E-state index is 12.2. The first-order chi connectivity index (χ1) is 12.8. The first-order valence-corrected chi connectivity index (χ1v) is 10.7. The lowest BCUT2D eigenvalue weighted by Gasteiger charge is -2.18. The summed E-state index contributed by atoms with van der Waals surface area (Å²) in [6, 6.07) is 9.64. The number of halogens is 3. The van der Waals surface area contributed by atoms with Crippen molar-refractivity contribution < 1.29 is 13.2 Å². The lowest BCUT2D eigenvalue weighted by Crippen LogP contribution is -2.25. The zero-order valence-corrected chi connectivity index (χ0v) is 17.0. The largest absolute Gasteiger partial charge is 0.321 e. The molecule has 0 bridgehead atoms. The number of amides is 1. The quantitative estimate of drug-likeness (QED) is 0.685. The molecule has 2 aromatic carbocycles. The maximum Gasteiger partial charge on any atom is 0.248 e. The van der Waals surface area contributed by atoms with Crippen LogP contribution in [-0.2, 0) is 14.8 Å². The molecule has 0 atom stereocenters. The minimum Gasteiger partial charge on any atom is -0.321 e. The molecule has 0 aliphatic carbocycles. The summed E-state index contributed by atoms with van der Waals surface area (Å²) in [4.78, 5) is 12.2. The van der Waals surface area contributed by atoms with Crippen molar-refractivity contribution >= 4 is 68.2 Å². The van der Waals surface area contributed by atoms with E-state index in [-0.39, 0.29) is 5.75 Å². The molecular weight excluding hydrogens is 431 g/mol. The van der Waals surface area contributed by atoms with E-state index in [0.717, 1.165) is 0 Å². The van der Waals surface area contributed by atoms with Gasteiger partial charge in [0.1, 0.15) is 0 Å². The van der Waals surface area contributed by atoms with E-state index < -0.39 is 15.9 Å². The van der Waals surface area contributed by atoms with Gasteiger partial charge in [-0.1, -0.05) is 34.8 Å². The molecule has 1 amide bonds. The molecule has 3 rings (SSSR count). The van der Waals surface area contributed by atoms with Gasteiger partial charge in [-0.05, 0) is 54.5 Å². The molecule has 1 aliphatic rings. The van der Waals surface area contributed by atoms with Gasteiger partial charge in [0, 0.05) is 22.7 Å². The monoisotopic (exact) mass is 444 g/mol. The van der Waals surface area contributed by atoms with Gasteiger partial charge in [-0.2, -0.15) is 0 Å². The van der Waals surface area contributed by atoms with Crippen LogP contribution in [-0.4, -0.2) is 26.6 Å². The molecule has 142 valence electrons. The van der Waals surface area contributed by atoms with Crippen LogP contribution >= 0.6 is 34.8 Å². The lowest BCUT2D eigenvalue weighted by atomic mass is 10.2. The van der Waals surface area contributed by atoms with Crippen molar-refractivity contribution in [2.75, 3.05) is 21.9 Å². The van der Waals surface area contributed by atoms with Gasteiger partial charge in [0.05, 0.1) is 22.2 Å². The van der Waals surface area contributed by atoms with E-state index in [4.69, 9.17) is 34.8 Å². The molecule has 5 nitrogen and oxygen atoms in total. The Hall–Kier alpha value is -1.73. The second-order valence-electron chi connectivity index (χ2n) is 5.89. The summed E-state index contributed by atoms with van der Waals surface area (Å²) in [6.45, 7) is 0.407. The Morgan fingerprint density at radius 3 is 2.52 bits per heavy atom. The maximum absolute atomic E-state index is 12.2. The molecule has 0 radical (unpaired) electrons. The number of carbonyl (C=O) groups excluding carboxylic acids is 1. The van der Waals surface area contributed by atoms with Crippen molar-refractivity contribution in [1.29, 1.82) is 0 Å². The van der Waals surface area contributed by atoms with E-state index in [1.54, 1.807) is 36.4 Å². The summed E-state index contributed by atoms with van der Waals surface area (Å²) < 4.78 is 25.5. The third-order valence-electron chi connectivity index (χ3n) is 3.97. The number of hydrogen-bond acceptors (Lipinski definition) is 3. The van der Waals surface area contributed by atoms with Gasteiger partial charge < -0.3 is 5.32 Å². The van der Waals surface area contributed by atoms with Crippen LogP contribution in [0.3, 0.4) is 0 Å². The first-order valence-electron chi connectivity index (χ1n) is 8.00. The van der Waals surface area contributed by atoms with Crippen LogP contribution in [0.15, 0.2) is 42.5 Å². The van der Waals surface area contributed by atoms with Crippen molar-refractivity contribution in [3.63, 3.8) is 0 Å². The van der Waals surface area contributed by atoms with Crippen LogP contribution < -0.4 is 9.62 Å². The molecule has 1 aliphatic heterocycles. The van der Waals surface area contributed by atoms with E-state index in [0.29, 0.717) is 45.0 Å². The summed E-state index contributed by atoms with van der Waals surface area (Å²) in [7, 11) is -3.32. The molecule has 0 spiro atoms. The van der Waals surface area contributed by atoms with Crippen LogP contribution in [0.4, 0.5) is 11.4 Å². The minimum absolute atomic E-state index is 0.112.